The molecule has 0 radical (unpaired) electrons. The molecule has 114 valence electrons. The number of nitrogen functional groups attached to an aromatic ring is 1. The number of benzene rings is 1. The summed E-state index contributed by atoms with van der Waals surface area (Å²) in [6.07, 6.45) is 1.68. The smallest absolute Gasteiger partial charge is 0.244 e. The van der Waals surface area contributed by atoms with E-state index in [2.05, 4.69) is 9.71 Å². The maximum atomic E-state index is 12.3. The molecule has 3 N–H and O–H groups in total. The predicted octanol–water partition coefficient (Wildman–Crippen LogP) is 3.11. The van der Waals surface area contributed by atoms with Gasteiger partial charge in [-0.15, -0.1) is 11.3 Å². The Labute approximate surface area is 137 Å². The molecule has 0 aliphatic rings. The molecular formula is C12H13Cl2N3O2S2. The van der Waals surface area contributed by atoms with Gasteiger partial charge in [-0.3, -0.25) is 0 Å². The summed E-state index contributed by atoms with van der Waals surface area (Å²) in [7, 11) is -3.81. The first-order chi connectivity index (χ1) is 9.81. The first-order valence-corrected chi connectivity index (χ1v) is 9.06. The van der Waals surface area contributed by atoms with Crippen molar-refractivity contribution in [2.75, 3.05) is 12.3 Å². The Morgan fingerprint density at radius 1 is 1.43 bits per heavy atom. The van der Waals surface area contributed by atoms with Crippen molar-refractivity contribution < 1.29 is 8.42 Å². The Balaban J connectivity index is 2.20. The molecule has 0 bridgehead atoms. The number of nitrogens with two attached hydrogens (primary N) is 1. The standard InChI is InChI=1S/C12H13Cl2N3O2S2/c1-7(12-16-2-3-20-12)6-17-21(18,19)11-9(14)4-8(13)5-10(11)15/h2-5,7,17H,6,15H2,1H3. The molecule has 1 aromatic carbocycles. The lowest BCUT2D eigenvalue weighted by Gasteiger charge is -2.13. The van der Waals surface area contributed by atoms with E-state index >= 15 is 0 Å². The SMILES string of the molecule is CC(CNS(=O)(=O)c1c(N)cc(Cl)cc1Cl)c1nccs1. The maximum absolute atomic E-state index is 12.3. The lowest BCUT2D eigenvalue weighted by Crippen LogP contribution is -2.28. The zero-order chi connectivity index (χ0) is 15.6. The van der Waals surface area contributed by atoms with Crippen molar-refractivity contribution in [3.8, 4) is 0 Å². The van der Waals surface area contributed by atoms with Gasteiger partial charge in [0.05, 0.1) is 15.7 Å². The number of hydrogen-bond donors (Lipinski definition) is 2. The largest absolute Gasteiger partial charge is 0.398 e. The molecule has 0 fully saturated rings. The molecular weight excluding hydrogens is 353 g/mol. The highest BCUT2D eigenvalue weighted by Crippen LogP contribution is 2.31. The molecule has 0 saturated heterocycles. The van der Waals surface area contributed by atoms with Crippen LogP contribution in [-0.2, 0) is 10.0 Å². The molecule has 21 heavy (non-hydrogen) atoms. The van der Waals surface area contributed by atoms with Crippen LogP contribution < -0.4 is 10.5 Å². The zero-order valence-corrected chi connectivity index (χ0v) is 14.2. The average molecular weight is 366 g/mol. The molecule has 1 unspecified atom stereocenters. The van der Waals surface area contributed by atoms with E-state index in [1.807, 2.05) is 12.3 Å². The van der Waals surface area contributed by atoms with Crippen LogP contribution in [0.15, 0.2) is 28.6 Å². The first kappa shape index (κ1) is 16.5. The zero-order valence-electron chi connectivity index (χ0n) is 11.0. The molecule has 0 amide bonds. The van der Waals surface area contributed by atoms with Crippen LogP contribution in [0, 0.1) is 0 Å². The Morgan fingerprint density at radius 2 is 2.14 bits per heavy atom. The van der Waals surface area contributed by atoms with E-state index in [-0.39, 0.29) is 33.1 Å². The number of thiazole rings is 1. The topological polar surface area (TPSA) is 85.1 Å². The van der Waals surface area contributed by atoms with Crippen LogP contribution in [0.25, 0.3) is 0 Å². The third-order valence-corrected chi connectivity index (χ3v) is 5.93. The Morgan fingerprint density at radius 3 is 2.71 bits per heavy atom. The second-order valence-corrected chi connectivity index (χ2v) is 7.90. The van der Waals surface area contributed by atoms with E-state index in [9.17, 15) is 8.42 Å². The normalized spacial score (nSPS) is 13.3. The second kappa shape index (κ2) is 6.50. The number of nitrogens with one attached hydrogen (secondary N) is 1. The minimum Gasteiger partial charge on any atom is -0.398 e. The fraction of sp³-hybridized carbons (Fsp3) is 0.250. The molecule has 0 saturated carbocycles. The van der Waals surface area contributed by atoms with Crippen molar-refractivity contribution in [3.05, 3.63) is 38.8 Å². The average Bonchev–Trinajstić information content (AvgIpc) is 2.88. The number of sulfonamides is 1. The molecule has 0 aliphatic heterocycles. The van der Waals surface area contributed by atoms with E-state index in [4.69, 9.17) is 28.9 Å². The fourth-order valence-electron chi connectivity index (χ4n) is 1.74. The summed E-state index contributed by atoms with van der Waals surface area (Å²) in [5, 5.41) is 2.98. The fourth-order valence-corrected chi connectivity index (χ4v) is 4.55. The van der Waals surface area contributed by atoms with Crippen molar-refractivity contribution in [2.45, 2.75) is 17.7 Å². The summed E-state index contributed by atoms with van der Waals surface area (Å²) in [5.41, 5.74) is 5.73. The van der Waals surface area contributed by atoms with Gasteiger partial charge in [0.2, 0.25) is 10.0 Å². The summed E-state index contributed by atoms with van der Waals surface area (Å²) in [6.45, 7) is 2.09. The number of halogens is 2. The van der Waals surface area contributed by atoms with Crippen LogP contribution >= 0.6 is 34.5 Å². The number of hydrogen-bond acceptors (Lipinski definition) is 5. The van der Waals surface area contributed by atoms with Gasteiger partial charge in [-0.05, 0) is 12.1 Å². The lowest BCUT2D eigenvalue weighted by atomic mass is 10.2. The molecule has 5 nitrogen and oxygen atoms in total. The van der Waals surface area contributed by atoms with Crippen LogP contribution in [0.2, 0.25) is 10.0 Å². The van der Waals surface area contributed by atoms with Crippen molar-refractivity contribution in [1.29, 1.82) is 0 Å². The highest BCUT2D eigenvalue weighted by Gasteiger charge is 2.23. The van der Waals surface area contributed by atoms with E-state index in [0.717, 1.165) is 5.01 Å². The predicted molar refractivity (Wildman–Crippen MR) is 86.6 cm³/mol. The highest BCUT2D eigenvalue weighted by atomic mass is 35.5. The molecule has 1 heterocycles. The van der Waals surface area contributed by atoms with Crippen LogP contribution in [0.3, 0.4) is 0 Å². The molecule has 2 aromatic rings. The quantitative estimate of drug-likeness (QED) is 0.797. The van der Waals surface area contributed by atoms with Crippen molar-refractivity contribution in [3.63, 3.8) is 0 Å². The number of nitrogens with zero attached hydrogens (tertiary/aromatic N) is 1. The highest BCUT2D eigenvalue weighted by molar-refractivity contribution is 7.89. The van der Waals surface area contributed by atoms with Crippen LogP contribution in [0.5, 0.6) is 0 Å². The van der Waals surface area contributed by atoms with Gasteiger partial charge < -0.3 is 5.73 Å². The second-order valence-electron chi connectivity index (χ2n) is 4.43. The number of anilines is 1. The third kappa shape index (κ3) is 3.87. The summed E-state index contributed by atoms with van der Waals surface area (Å²) < 4.78 is 27.1. The summed E-state index contributed by atoms with van der Waals surface area (Å²) in [5.74, 6) is -0.0490. The van der Waals surface area contributed by atoms with Gasteiger partial charge in [0.15, 0.2) is 0 Å². The van der Waals surface area contributed by atoms with Gasteiger partial charge in [-0.25, -0.2) is 18.1 Å². The monoisotopic (exact) mass is 365 g/mol. The summed E-state index contributed by atoms with van der Waals surface area (Å²) >= 11 is 13.2. The van der Waals surface area contributed by atoms with Crippen molar-refractivity contribution in [1.82, 2.24) is 9.71 Å². The molecule has 1 aromatic heterocycles. The van der Waals surface area contributed by atoms with Crippen LogP contribution in [-0.4, -0.2) is 19.9 Å². The van der Waals surface area contributed by atoms with E-state index in [1.165, 1.54) is 23.5 Å². The number of rotatable bonds is 5. The Bertz CT molecular complexity index is 710. The van der Waals surface area contributed by atoms with Gasteiger partial charge in [0, 0.05) is 29.1 Å². The van der Waals surface area contributed by atoms with E-state index in [0.29, 0.717) is 0 Å². The molecule has 1 atom stereocenters. The molecule has 0 aliphatic carbocycles. The van der Waals surface area contributed by atoms with E-state index < -0.39 is 10.0 Å². The Kier molecular flexibility index (Phi) is 5.11. The van der Waals surface area contributed by atoms with Crippen molar-refractivity contribution >= 4 is 50.2 Å². The molecule has 9 heteroatoms. The third-order valence-electron chi connectivity index (χ3n) is 2.76. The van der Waals surface area contributed by atoms with Gasteiger partial charge >= 0.3 is 0 Å². The summed E-state index contributed by atoms with van der Waals surface area (Å²) in [6, 6.07) is 2.70. The van der Waals surface area contributed by atoms with Gasteiger partial charge in [-0.1, -0.05) is 30.1 Å². The van der Waals surface area contributed by atoms with Gasteiger partial charge in [0.1, 0.15) is 4.90 Å². The minimum atomic E-state index is -3.81. The summed E-state index contributed by atoms with van der Waals surface area (Å²) in [4.78, 5) is 4.00. The Hall–Kier alpha value is -0.860. The molecule has 0 spiro atoms. The molecule has 2 rings (SSSR count). The number of aromatic nitrogens is 1. The minimum absolute atomic E-state index is 0.00518. The van der Waals surface area contributed by atoms with Gasteiger partial charge in [0.25, 0.3) is 0 Å². The first-order valence-electron chi connectivity index (χ1n) is 5.95. The lowest BCUT2D eigenvalue weighted by molar-refractivity contribution is 0.575. The maximum Gasteiger partial charge on any atom is 0.244 e. The van der Waals surface area contributed by atoms with Gasteiger partial charge in [-0.2, -0.15) is 0 Å². The van der Waals surface area contributed by atoms with Crippen molar-refractivity contribution in [2.24, 2.45) is 0 Å². The van der Waals surface area contributed by atoms with Crippen LogP contribution in [0.4, 0.5) is 5.69 Å². The van der Waals surface area contributed by atoms with Crippen LogP contribution in [0.1, 0.15) is 17.8 Å². The van der Waals surface area contributed by atoms with E-state index in [1.54, 1.807) is 6.20 Å².